The monoisotopic (exact) mass is 1910 g/mol. The van der Waals surface area contributed by atoms with E-state index in [1.807, 2.05) is 250 Å². The zero-order chi connectivity index (χ0) is 69.7. The Balaban J connectivity index is 0.000000233. The third-order valence-corrected chi connectivity index (χ3v) is 16.8. The van der Waals surface area contributed by atoms with Crippen LogP contribution in [0.15, 0.2) is 307 Å². The summed E-state index contributed by atoms with van der Waals surface area (Å²) in [6.07, 6.45) is 14.0. The number of thiazole rings is 1. The molecule has 2 aliphatic rings. The Labute approximate surface area is 651 Å². The smallest absolute Gasteiger partial charge is 0.512 e. The minimum absolute atomic E-state index is 0. The topological polar surface area (TPSA) is 148 Å². The summed E-state index contributed by atoms with van der Waals surface area (Å²) >= 11 is 1.54. The number of pyridine rings is 5. The molecule has 2 aliphatic heterocycles. The Bertz CT molecular complexity index is 4520. The normalized spacial score (nSPS) is 12.1. The van der Waals surface area contributed by atoms with E-state index in [1.165, 1.54) is 42.3 Å². The first-order chi connectivity index (χ1) is 48.1. The van der Waals surface area contributed by atoms with Gasteiger partial charge >= 0.3 is 25.7 Å². The van der Waals surface area contributed by atoms with Gasteiger partial charge in [-0.15, -0.1) is 107 Å². The summed E-state index contributed by atoms with van der Waals surface area (Å²) in [5.41, 5.74) is 14.7. The SMILES string of the molecule is C.CC(=O)C=C(C)O.CC1(C)CCN2CCC(C)(C)c3c2c1cc1cc(-c2nc4ccccc4s2)c(=O)oc31.Cc1ccncc1.[Ir+3].[Ir].[Ir].[c-]1ccccc1.[c-]1ccccc1.[c-]1ccccc1-c1cccc(-c2[c-]c(-c3ccccn3)ccc2)n1.[c-]1ccccc1-c1ccccn1.c1ccncc1. The van der Waals surface area contributed by atoms with Crippen LogP contribution in [0, 0.1) is 37.3 Å². The number of ketones is 1. The number of carbonyl (C=O) groups is 1. The maximum atomic E-state index is 13.2. The van der Waals surface area contributed by atoms with Gasteiger partial charge in [-0.2, -0.15) is 72.8 Å². The zero-order valence-electron chi connectivity index (χ0n) is 57.8. The second-order valence-corrected chi connectivity index (χ2v) is 25.3. The molecular weight excluding hydrogens is 1830 g/mol. The van der Waals surface area contributed by atoms with E-state index in [0.29, 0.717) is 5.56 Å². The fourth-order valence-corrected chi connectivity index (χ4v) is 11.6. The summed E-state index contributed by atoms with van der Waals surface area (Å²) in [5.74, 6) is -0.0625. The van der Waals surface area contributed by atoms with E-state index in [2.05, 4.69) is 88.9 Å². The van der Waals surface area contributed by atoms with Crippen LogP contribution in [0.25, 0.3) is 76.8 Å². The Kier molecular flexibility index (Phi) is 35.3. The van der Waals surface area contributed by atoms with E-state index in [4.69, 9.17) is 19.5 Å². The zero-order valence-corrected chi connectivity index (χ0v) is 65.8. The van der Waals surface area contributed by atoms with Gasteiger partial charge in [0.2, 0.25) is 0 Å². The van der Waals surface area contributed by atoms with Crippen LogP contribution in [0.1, 0.15) is 78.5 Å². The second kappa shape index (κ2) is 43.3. The maximum Gasteiger partial charge on any atom is 3.00 e. The number of carbonyl (C=O) groups excluding carboxylic acids is 1. The number of aryl methyl sites for hydroxylation is 1. The molecule has 11 nitrogen and oxygen atoms in total. The van der Waals surface area contributed by atoms with Crippen molar-refractivity contribution >= 4 is 44.0 Å². The molecule has 14 aromatic rings. The molecule has 1 N–H and O–H groups in total. The number of benzene rings is 7. The summed E-state index contributed by atoms with van der Waals surface area (Å²) in [5, 5.41) is 10.1. The number of aliphatic hydroxyl groups is 1. The van der Waals surface area contributed by atoms with Crippen molar-refractivity contribution in [2.75, 3.05) is 18.0 Å². The average Bonchev–Trinajstić information content (AvgIpc) is 1.03. The van der Waals surface area contributed by atoms with E-state index < -0.39 is 0 Å². The van der Waals surface area contributed by atoms with E-state index >= 15 is 0 Å². The Morgan fingerprint density at radius 2 is 1.02 bits per heavy atom. The number of anilines is 1. The molecule has 16 rings (SSSR count). The van der Waals surface area contributed by atoms with Crippen molar-refractivity contribution in [3.63, 3.8) is 0 Å². The van der Waals surface area contributed by atoms with Gasteiger partial charge in [0.15, 0.2) is 5.78 Å². The van der Waals surface area contributed by atoms with Crippen molar-refractivity contribution in [3.05, 3.63) is 355 Å². The minimum atomic E-state index is -0.300. The number of aliphatic hydroxyl groups excluding tert-OH is 1. The van der Waals surface area contributed by atoms with Gasteiger partial charge in [0.25, 0.3) is 0 Å². The summed E-state index contributed by atoms with van der Waals surface area (Å²) < 4.78 is 7.18. The molecule has 0 unspecified atom stereocenters. The van der Waals surface area contributed by atoms with Gasteiger partial charge in [0.1, 0.15) is 10.6 Å². The molecule has 15 heteroatoms. The first-order valence-electron chi connectivity index (χ1n) is 32.6. The molecule has 9 heterocycles. The molecule has 103 heavy (non-hydrogen) atoms. The number of hydrogen-bond donors (Lipinski definition) is 1. The van der Waals surface area contributed by atoms with Crippen molar-refractivity contribution in [2.24, 2.45) is 0 Å². The van der Waals surface area contributed by atoms with E-state index in [-0.39, 0.29) is 95.7 Å². The third kappa shape index (κ3) is 25.7. The van der Waals surface area contributed by atoms with Crippen LogP contribution in [0.3, 0.4) is 0 Å². The molecule has 0 amide bonds. The Morgan fingerprint density at radius 1 is 0.544 bits per heavy atom. The molecule has 7 aromatic carbocycles. The fourth-order valence-electron chi connectivity index (χ4n) is 10.7. The molecule has 2 radical (unpaired) electrons. The molecule has 0 fully saturated rings. The van der Waals surface area contributed by atoms with Crippen molar-refractivity contribution in [1.82, 2.24) is 29.9 Å². The molecule has 0 saturated heterocycles. The average molecular weight is 1910 g/mol. The van der Waals surface area contributed by atoms with Crippen molar-refractivity contribution < 1.29 is 74.6 Å². The van der Waals surface area contributed by atoms with Gasteiger partial charge in [-0.3, -0.25) is 19.7 Å². The molecule has 0 saturated carbocycles. The van der Waals surface area contributed by atoms with Crippen LogP contribution in [-0.2, 0) is 75.9 Å². The molecule has 0 bridgehead atoms. The predicted molar refractivity (Wildman–Crippen MR) is 411 cm³/mol. The number of para-hydroxylation sites is 1. The van der Waals surface area contributed by atoms with Crippen LogP contribution in [0.5, 0.6) is 0 Å². The van der Waals surface area contributed by atoms with Gasteiger partial charge in [-0.25, -0.2) is 9.78 Å². The minimum Gasteiger partial charge on any atom is -0.512 e. The predicted octanol–water partition coefficient (Wildman–Crippen LogP) is 21.0. The van der Waals surface area contributed by atoms with Crippen LogP contribution in [0.2, 0.25) is 0 Å². The van der Waals surface area contributed by atoms with Crippen LogP contribution in [-0.4, -0.2) is 53.9 Å². The molecule has 0 spiro atoms. The number of aromatic nitrogens is 6. The van der Waals surface area contributed by atoms with Gasteiger partial charge in [0.05, 0.1) is 21.5 Å². The van der Waals surface area contributed by atoms with Crippen LogP contribution >= 0.6 is 11.3 Å². The van der Waals surface area contributed by atoms with Crippen LogP contribution in [0.4, 0.5) is 5.69 Å². The molecule has 528 valence electrons. The summed E-state index contributed by atoms with van der Waals surface area (Å²) in [6.45, 7) is 16.2. The molecule has 0 aliphatic carbocycles. The van der Waals surface area contributed by atoms with Crippen molar-refractivity contribution in [3.8, 4) is 55.6 Å². The first kappa shape index (κ1) is 84.0. The number of nitrogens with zero attached hydrogens (tertiary/aromatic N) is 7. The van der Waals surface area contributed by atoms with Gasteiger partial charge in [-0.05, 0) is 133 Å². The fraction of sp³-hybridized carbons (Fsp3) is 0.159. The van der Waals surface area contributed by atoms with E-state index in [0.717, 1.165) is 97.2 Å². The van der Waals surface area contributed by atoms with Gasteiger partial charge < -0.3 is 24.4 Å². The summed E-state index contributed by atoms with van der Waals surface area (Å²) in [6, 6.07) is 96.2. The first-order valence-corrected chi connectivity index (χ1v) is 33.4. The van der Waals surface area contributed by atoms with Crippen LogP contribution < -0.4 is 10.5 Å². The summed E-state index contributed by atoms with van der Waals surface area (Å²) in [7, 11) is 0. The number of hydrogen-bond acceptors (Lipinski definition) is 12. The van der Waals surface area contributed by atoms with Gasteiger partial charge in [0, 0.05) is 119 Å². The number of allylic oxidation sites excluding steroid dienone is 2. The number of rotatable bonds is 6. The standard InChI is InChI=1S/C26H26N2O2S.C22H14N2.C11H8N.C6H7N.2C6H5.C5H5N.C5H8O2.CH4.3Ir/c1-25(2)9-11-28-12-10-26(3,4)20-21(28)17(25)14-15-13-16(24(29)30-22(15)20)23-27-18-7-5-6-8-19(18)31-23;1-2-8-17(9-3-1)21-13-7-14-22(24-21)19-11-6-10-18(16-19)20-12-4-5-15-23-20;1-2-6-10(7-3-1)11-8-4-5-9-12-11;1-6-2-4-7-5-3-6;3*1-2-4-6-5-3-1;1-4(6)3-5(2)7;;;;/h5-8,13-14H,9-12H2,1-4H3;1-8,10-15H;1-6,8-9H;2-5H,1H3;3*1-5H;3,6H,1-2H3;1H4;;;/q;-2;-1;;2*-1;;;;;;+3. The summed E-state index contributed by atoms with van der Waals surface area (Å²) in [4.78, 5) is 51.4. The third-order valence-electron chi connectivity index (χ3n) is 15.7. The van der Waals surface area contributed by atoms with Crippen molar-refractivity contribution in [1.29, 1.82) is 0 Å². The second-order valence-electron chi connectivity index (χ2n) is 24.2. The number of fused-ring (bicyclic) bond motifs is 3. The van der Waals surface area contributed by atoms with E-state index in [1.54, 1.807) is 48.5 Å². The van der Waals surface area contributed by atoms with Crippen molar-refractivity contribution in [2.45, 2.75) is 79.6 Å². The van der Waals surface area contributed by atoms with E-state index in [9.17, 15) is 9.59 Å². The Hall–Kier alpha value is -9.65. The molecular formula is C88H82Ir3N7O4S-2. The molecule has 7 aromatic heterocycles. The quantitative estimate of drug-likeness (QED) is 0.0734. The maximum absolute atomic E-state index is 13.2. The Morgan fingerprint density at radius 3 is 1.49 bits per heavy atom. The largest absolute Gasteiger partial charge is 3.00 e. The van der Waals surface area contributed by atoms with Gasteiger partial charge in [-0.1, -0.05) is 107 Å². The molecule has 0 atom stereocenters.